The first-order chi connectivity index (χ1) is 3.72. The van der Waals surface area contributed by atoms with Crippen LogP contribution in [0.2, 0.25) is 0 Å². The van der Waals surface area contributed by atoms with Gasteiger partial charge in [0.05, 0.1) is 12.2 Å². The number of rotatable bonds is 3. The van der Waals surface area contributed by atoms with Crippen molar-refractivity contribution in [1.29, 1.82) is 0 Å². The van der Waals surface area contributed by atoms with Crippen LogP contribution in [-0.2, 0) is 0 Å². The largest absolute Gasteiger partial charge is 0.390 e. The molecular formula is C4H9O2S2. The van der Waals surface area contributed by atoms with E-state index in [9.17, 15) is 0 Å². The monoisotopic (exact) mass is 153 g/mol. The van der Waals surface area contributed by atoms with Crippen molar-refractivity contribution in [2.45, 2.75) is 12.2 Å². The van der Waals surface area contributed by atoms with E-state index in [1.54, 1.807) is 0 Å². The lowest BCUT2D eigenvalue weighted by atomic mass is 10.3. The highest BCUT2D eigenvalue weighted by atomic mass is 32.1. The molecule has 0 aliphatic rings. The van der Waals surface area contributed by atoms with E-state index in [2.05, 4.69) is 25.3 Å². The molecule has 0 aromatic carbocycles. The van der Waals surface area contributed by atoms with Gasteiger partial charge >= 0.3 is 0 Å². The van der Waals surface area contributed by atoms with Crippen LogP contribution in [0, 0.1) is 0 Å². The van der Waals surface area contributed by atoms with Crippen molar-refractivity contribution >= 4 is 25.3 Å². The minimum absolute atomic E-state index is 0.168. The van der Waals surface area contributed by atoms with Crippen LogP contribution in [0.1, 0.15) is 0 Å². The zero-order valence-electron chi connectivity index (χ0n) is 4.32. The molecule has 2 N–H and O–H groups in total. The van der Waals surface area contributed by atoms with Crippen LogP contribution in [0.3, 0.4) is 0 Å². The molecule has 8 heavy (non-hydrogen) atoms. The maximum Gasteiger partial charge on any atom is 0.0905 e. The lowest BCUT2D eigenvalue weighted by Crippen LogP contribution is -2.28. The third-order valence-electron chi connectivity index (χ3n) is 0.802. The molecule has 0 unspecified atom stereocenters. The fourth-order valence-corrected chi connectivity index (χ4v) is 0.698. The summed E-state index contributed by atoms with van der Waals surface area (Å²) in [7, 11) is 0. The van der Waals surface area contributed by atoms with Gasteiger partial charge in [-0.1, -0.05) is 12.6 Å². The summed E-state index contributed by atoms with van der Waals surface area (Å²) in [6, 6.07) is 0. The Morgan fingerprint density at radius 3 is 2.00 bits per heavy atom. The summed E-state index contributed by atoms with van der Waals surface area (Å²) in [5.41, 5.74) is 0. The Balaban J connectivity index is 3.29. The van der Waals surface area contributed by atoms with Crippen molar-refractivity contribution < 1.29 is 10.2 Å². The summed E-state index contributed by atoms with van der Waals surface area (Å²) in [4.78, 5) is 0. The molecule has 0 amide bonds. The standard InChI is InChI=1S/C4H9O2S2/c5-3(1-7)4(6)2-8/h3-7H,1-2H2/t3-,4-/m0/s1. The molecule has 0 bridgehead atoms. The molecule has 0 fully saturated rings. The number of hydrogen-bond acceptors (Lipinski definition) is 3. The normalized spacial score (nSPS) is 18.0. The first-order valence-electron chi connectivity index (χ1n) is 2.27. The molecule has 0 aliphatic carbocycles. The van der Waals surface area contributed by atoms with Crippen LogP contribution in [0.25, 0.3) is 0 Å². The summed E-state index contributed by atoms with van der Waals surface area (Å²) < 4.78 is 0. The SMILES string of the molecule is O[C@@H](C[S])[C@@H](O)CS. The molecule has 0 spiro atoms. The van der Waals surface area contributed by atoms with Crippen LogP contribution < -0.4 is 0 Å². The Kier molecular flexibility index (Phi) is 4.84. The van der Waals surface area contributed by atoms with E-state index in [-0.39, 0.29) is 11.5 Å². The first-order valence-corrected chi connectivity index (χ1v) is 3.48. The predicted octanol–water partition coefficient (Wildman–Crippen LogP) is -0.165. The van der Waals surface area contributed by atoms with Gasteiger partial charge < -0.3 is 10.2 Å². The minimum atomic E-state index is -0.789. The first kappa shape index (κ1) is 8.62. The summed E-state index contributed by atoms with van der Waals surface area (Å²) in [5.74, 6) is 0.430. The third-order valence-corrected chi connectivity index (χ3v) is 1.52. The van der Waals surface area contributed by atoms with E-state index < -0.39 is 12.2 Å². The van der Waals surface area contributed by atoms with Crippen LogP contribution in [0.15, 0.2) is 0 Å². The van der Waals surface area contributed by atoms with Gasteiger partial charge in [-0.25, -0.2) is 0 Å². The van der Waals surface area contributed by atoms with E-state index in [4.69, 9.17) is 10.2 Å². The molecule has 0 aliphatic heterocycles. The summed E-state index contributed by atoms with van der Waals surface area (Å²) in [5, 5.41) is 17.5. The van der Waals surface area contributed by atoms with Crippen molar-refractivity contribution in [3.05, 3.63) is 0 Å². The van der Waals surface area contributed by atoms with Gasteiger partial charge in [0.25, 0.3) is 0 Å². The molecule has 4 heteroatoms. The Bertz CT molecular complexity index is 52.0. The highest BCUT2D eigenvalue weighted by molar-refractivity contribution is 7.80. The smallest absolute Gasteiger partial charge is 0.0905 e. The number of aliphatic hydroxyl groups excluding tert-OH is 2. The van der Waals surface area contributed by atoms with Gasteiger partial charge in [-0.15, -0.1) is 0 Å². The van der Waals surface area contributed by atoms with Crippen molar-refractivity contribution in [2.75, 3.05) is 11.5 Å². The van der Waals surface area contributed by atoms with Gasteiger partial charge in [-0.3, -0.25) is 0 Å². The van der Waals surface area contributed by atoms with Gasteiger partial charge in [0.15, 0.2) is 0 Å². The summed E-state index contributed by atoms with van der Waals surface area (Å²) in [6.07, 6.45) is -1.56. The van der Waals surface area contributed by atoms with Crippen LogP contribution >= 0.6 is 25.3 Å². The predicted molar refractivity (Wildman–Crippen MR) is 38.3 cm³/mol. The van der Waals surface area contributed by atoms with E-state index >= 15 is 0 Å². The molecule has 2 nitrogen and oxygen atoms in total. The van der Waals surface area contributed by atoms with E-state index in [1.807, 2.05) is 0 Å². The fourth-order valence-electron chi connectivity index (χ4n) is 0.233. The van der Waals surface area contributed by atoms with Gasteiger partial charge in [0.1, 0.15) is 0 Å². The zero-order chi connectivity index (χ0) is 6.57. The Morgan fingerprint density at radius 2 is 1.88 bits per heavy atom. The second-order valence-electron chi connectivity index (χ2n) is 1.48. The van der Waals surface area contributed by atoms with Crippen molar-refractivity contribution in [2.24, 2.45) is 0 Å². The summed E-state index contributed by atoms with van der Waals surface area (Å²) in [6.45, 7) is 0. The van der Waals surface area contributed by atoms with Crippen molar-refractivity contribution in [3.8, 4) is 0 Å². The average Bonchev–Trinajstić information content (AvgIpc) is 1.84. The van der Waals surface area contributed by atoms with Gasteiger partial charge in [0.2, 0.25) is 0 Å². The molecule has 0 aromatic heterocycles. The molecule has 1 radical (unpaired) electrons. The number of thiol groups is 1. The van der Waals surface area contributed by atoms with Crippen molar-refractivity contribution in [1.82, 2.24) is 0 Å². The molecule has 0 heterocycles. The second-order valence-corrected chi connectivity index (χ2v) is 2.18. The maximum atomic E-state index is 8.73. The van der Waals surface area contributed by atoms with Crippen LogP contribution in [0.5, 0.6) is 0 Å². The Labute approximate surface area is 59.7 Å². The van der Waals surface area contributed by atoms with E-state index in [0.717, 1.165) is 0 Å². The molecule has 0 rings (SSSR count). The van der Waals surface area contributed by atoms with Crippen LogP contribution in [-0.4, -0.2) is 33.9 Å². The summed E-state index contributed by atoms with van der Waals surface area (Å²) >= 11 is 8.23. The Morgan fingerprint density at radius 1 is 1.38 bits per heavy atom. The fraction of sp³-hybridized carbons (Fsp3) is 1.00. The second kappa shape index (κ2) is 4.49. The topological polar surface area (TPSA) is 40.5 Å². The molecule has 0 aromatic rings. The van der Waals surface area contributed by atoms with Gasteiger partial charge in [0, 0.05) is 11.5 Å². The van der Waals surface area contributed by atoms with E-state index in [1.165, 1.54) is 0 Å². The molecule has 0 saturated heterocycles. The maximum absolute atomic E-state index is 8.73. The van der Waals surface area contributed by atoms with E-state index in [0.29, 0.717) is 0 Å². The lowest BCUT2D eigenvalue weighted by molar-refractivity contribution is 0.0504. The number of hydrogen-bond donors (Lipinski definition) is 3. The molecule has 49 valence electrons. The van der Waals surface area contributed by atoms with Gasteiger partial charge in [-0.05, 0) is 0 Å². The Hall–Kier alpha value is 0.620. The third kappa shape index (κ3) is 2.81. The molecule has 0 saturated carbocycles. The highest BCUT2D eigenvalue weighted by Crippen LogP contribution is 1.96. The lowest BCUT2D eigenvalue weighted by Gasteiger charge is -2.11. The quantitative estimate of drug-likeness (QED) is 0.493. The van der Waals surface area contributed by atoms with Crippen molar-refractivity contribution in [3.63, 3.8) is 0 Å². The minimum Gasteiger partial charge on any atom is -0.390 e. The van der Waals surface area contributed by atoms with Gasteiger partial charge in [-0.2, -0.15) is 12.6 Å². The average molecular weight is 153 g/mol. The highest BCUT2D eigenvalue weighted by Gasteiger charge is 2.11. The molecule has 2 atom stereocenters. The van der Waals surface area contributed by atoms with Crippen LogP contribution in [0.4, 0.5) is 0 Å². The molecular weight excluding hydrogens is 144 g/mol. The number of aliphatic hydroxyl groups is 2. The zero-order valence-corrected chi connectivity index (χ0v) is 6.03.